The largest absolute Gasteiger partial charge is 0.418 e. The van der Waals surface area contributed by atoms with Gasteiger partial charge in [0, 0.05) is 10.7 Å². The van der Waals surface area contributed by atoms with Crippen molar-refractivity contribution < 1.29 is 12.8 Å². The molecule has 0 spiro atoms. The first-order valence-electron chi connectivity index (χ1n) is 8.32. The van der Waals surface area contributed by atoms with E-state index in [2.05, 4.69) is 10.3 Å². The fourth-order valence-corrected chi connectivity index (χ4v) is 4.60. The average molecular weight is 431 g/mol. The first-order valence-corrected chi connectivity index (χ1v) is 11.1. The molecule has 2 heterocycles. The molecule has 142 valence electrons. The molecule has 0 aliphatic heterocycles. The van der Waals surface area contributed by atoms with E-state index in [0.29, 0.717) is 10.7 Å². The van der Waals surface area contributed by atoms with Crippen molar-refractivity contribution in [3.63, 3.8) is 0 Å². The fraction of sp³-hybridized carbons (Fsp3) is 0.0500. The summed E-state index contributed by atoms with van der Waals surface area (Å²) in [6.45, 7) is 1.90. The predicted molar refractivity (Wildman–Crippen MR) is 111 cm³/mol. The topological polar surface area (TPSA) is 72.2 Å². The Labute approximate surface area is 171 Å². The second-order valence-electron chi connectivity index (χ2n) is 6.08. The summed E-state index contributed by atoms with van der Waals surface area (Å²) in [4.78, 5) is 5.20. The molecular formula is C20H15ClN2O3S2. The monoisotopic (exact) mass is 430 g/mol. The summed E-state index contributed by atoms with van der Waals surface area (Å²) in [5, 5.41) is 5.30. The molecule has 4 rings (SSSR count). The lowest BCUT2D eigenvalue weighted by Gasteiger charge is -2.06. The maximum Gasteiger partial charge on any atom is 0.240 e. The molecule has 0 bridgehead atoms. The molecule has 0 fully saturated rings. The number of hydrogen-bond acceptors (Lipinski definition) is 6. The second-order valence-corrected chi connectivity index (χ2v) is 9.33. The zero-order valence-corrected chi connectivity index (χ0v) is 17.1. The van der Waals surface area contributed by atoms with E-state index in [0.717, 1.165) is 10.4 Å². The van der Waals surface area contributed by atoms with Gasteiger partial charge in [0.25, 0.3) is 0 Å². The third kappa shape index (κ3) is 3.69. The van der Waals surface area contributed by atoms with Crippen LogP contribution in [0.3, 0.4) is 0 Å². The van der Waals surface area contributed by atoms with Crippen molar-refractivity contribution in [1.29, 1.82) is 0 Å². The summed E-state index contributed by atoms with van der Waals surface area (Å²) in [7, 11) is -3.87. The van der Waals surface area contributed by atoms with Crippen LogP contribution in [0.1, 0.15) is 5.56 Å². The highest BCUT2D eigenvalue weighted by Gasteiger charge is 2.29. The smallest absolute Gasteiger partial charge is 0.240 e. The number of halogens is 1. The van der Waals surface area contributed by atoms with Crippen LogP contribution in [-0.2, 0) is 9.84 Å². The Bertz CT molecular complexity index is 1200. The van der Waals surface area contributed by atoms with E-state index < -0.39 is 9.84 Å². The number of benzene rings is 2. The summed E-state index contributed by atoms with van der Waals surface area (Å²) in [6.07, 6.45) is 0. The van der Waals surface area contributed by atoms with Crippen molar-refractivity contribution in [2.45, 2.75) is 16.8 Å². The maximum atomic E-state index is 13.2. The molecule has 1 N–H and O–H groups in total. The molecule has 0 saturated heterocycles. The first kappa shape index (κ1) is 18.7. The van der Waals surface area contributed by atoms with Crippen LogP contribution in [0, 0.1) is 6.92 Å². The third-order valence-corrected chi connectivity index (χ3v) is 6.80. The molecule has 28 heavy (non-hydrogen) atoms. The van der Waals surface area contributed by atoms with E-state index in [9.17, 15) is 8.42 Å². The molecule has 0 aliphatic rings. The van der Waals surface area contributed by atoms with Crippen molar-refractivity contribution in [3.05, 3.63) is 76.6 Å². The molecule has 0 radical (unpaired) electrons. The van der Waals surface area contributed by atoms with E-state index in [1.54, 1.807) is 48.5 Å². The number of aryl methyl sites for hydroxylation is 1. The maximum absolute atomic E-state index is 13.2. The summed E-state index contributed by atoms with van der Waals surface area (Å²) < 4.78 is 32.2. The van der Waals surface area contributed by atoms with Gasteiger partial charge in [-0.05, 0) is 54.8 Å². The van der Waals surface area contributed by atoms with E-state index in [1.807, 2.05) is 24.4 Å². The number of oxazole rings is 1. The van der Waals surface area contributed by atoms with Crippen LogP contribution in [0.15, 0.2) is 80.4 Å². The number of hydrogen-bond donors (Lipinski definition) is 1. The Morgan fingerprint density at radius 3 is 2.39 bits per heavy atom. The normalized spacial score (nSPS) is 11.5. The van der Waals surface area contributed by atoms with Crippen LogP contribution in [0.4, 0.5) is 11.6 Å². The van der Waals surface area contributed by atoms with Crippen LogP contribution in [0.25, 0.3) is 10.8 Å². The zero-order chi connectivity index (χ0) is 19.7. The Hall–Kier alpha value is -2.61. The minimum absolute atomic E-state index is 0.0614. The fourth-order valence-electron chi connectivity index (χ4n) is 2.57. The number of anilines is 2. The number of aromatic nitrogens is 1. The molecule has 0 saturated carbocycles. The highest BCUT2D eigenvalue weighted by atomic mass is 35.5. The zero-order valence-electron chi connectivity index (χ0n) is 14.7. The van der Waals surface area contributed by atoms with E-state index in [4.69, 9.17) is 16.0 Å². The Morgan fingerprint density at radius 1 is 1.04 bits per heavy atom. The van der Waals surface area contributed by atoms with Crippen LogP contribution in [0.2, 0.25) is 5.02 Å². The van der Waals surface area contributed by atoms with Crippen molar-refractivity contribution in [2.24, 2.45) is 0 Å². The first-order chi connectivity index (χ1) is 13.4. The minimum Gasteiger partial charge on any atom is -0.418 e. The highest BCUT2D eigenvalue weighted by molar-refractivity contribution is 7.91. The molecule has 5 nitrogen and oxygen atoms in total. The highest BCUT2D eigenvalue weighted by Crippen LogP contribution is 2.35. The number of thiophene rings is 1. The van der Waals surface area contributed by atoms with Gasteiger partial charge in [-0.1, -0.05) is 35.4 Å². The summed E-state index contributed by atoms with van der Waals surface area (Å²) in [5.74, 6) is 0.309. The van der Waals surface area contributed by atoms with Gasteiger partial charge < -0.3 is 9.73 Å². The number of sulfone groups is 1. The SMILES string of the molecule is Cc1ccc(S(=O)(=O)c2nc(-c3cccs3)oc2Nc2ccc(Cl)cc2)cc1. The van der Waals surface area contributed by atoms with Crippen molar-refractivity contribution >= 4 is 44.3 Å². The van der Waals surface area contributed by atoms with Crippen molar-refractivity contribution in [2.75, 3.05) is 5.32 Å². The lowest BCUT2D eigenvalue weighted by atomic mass is 10.2. The van der Waals surface area contributed by atoms with Crippen LogP contribution < -0.4 is 5.32 Å². The summed E-state index contributed by atoms with van der Waals surface area (Å²) in [5.41, 5.74) is 1.61. The van der Waals surface area contributed by atoms with Gasteiger partial charge in [-0.15, -0.1) is 11.3 Å². The van der Waals surface area contributed by atoms with Gasteiger partial charge in [0.1, 0.15) is 0 Å². The van der Waals surface area contributed by atoms with Gasteiger partial charge in [-0.2, -0.15) is 4.98 Å². The standard InChI is InChI=1S/C20H15ClN2O3S2/c1-13-4-10-16(11-5-13)28(24,25)20-19(22-15-8-6-14(21)7-9-15)26-18(23-20)17-3-2-12-27-17/h2-12,22H,1H3. The summed E-state index contributed by atoms with van der Waals surface area (Å²) >= 11 is 7.34. The summed E-state index contributed by atoms with van der Waals surface area (Å²) in [6, 6.07) is 17.2. The molecule has 4 aromatic rings. The minimum atomic E-state index is -3.87. The van der Waals surface area contributed by atoms with Gasteiger partial charge in [0.15, 0.2) is 0 Å². The lowest BCUT2D eigenvalue weighted by Crippen LogP contribution is -2.05. The van der Waals surface area contributed by atoms with Crippen LogP contribution in [0.5, 0.6) is 0 Å². The van der Waals surface area contributed by atoms with Gasteiger partial charge in [0.05, 0.1) is 9.77 Å². The van der Waals surface area contributed by atoms with Gasteiger partial charge in [-0.25, -0.2) is 8.42 Å². The molecule has 0 amide bonds. The second kappa shape index (κ2) is 7.43. The van der Waals surface area contributed by atoms with E-state index in [1.165, 1.54) is 11.3 Å². The average Bonchev–Trinajstić information content (AvgIpc) is 3.34. The Balaban J connectivity index is 1.82. The Kier molecular flexibility index (Phi) is 4.97. The Morgan fingerprint density at radius 2 is 1.75 bits per heavy atom. The molecule has 0 atom stereocenters. The van der Waals surface area contributed by atoms with Gasteiger partial charge in [-0.3, -0.25) is 0 Å². The number of nitrogens with one attached hydrogen (secondary N) is 1. The van der Waals surface area contributed by atoms with Crippen molar-refractivity contribution in [1.82, 2.24) is 4.98 Å². The molecule has 2 aromatic heterocycles. The molecule has 8 heteroatoms. The predicted octanol–water partition coefficient (Wildman–Crippen LogP) is 5.94. The van der Waals surface area contributed by atoms with E-state index in [-0.39, 0.29) is 21.7 Å². The van der Waals surface area contributed by atoms with E-state index >= 15 is 0 Å². The van der Waals surface area contributed by atoms with Gasteiger partial charge >= 0.3 is 0 Å². The molecule has 0 aliphatic carbocycles. The van der Waals surface area contributed by atoms with Crippen LogP contribution in [-0.4, -0.2) is 13.4 Å². The third-order valence-electron chi connectivity index (χ3n) is 4.02. The number of nitrogens with zero attached hydrogens (tertiary/aromatic N) is 1. The quantitative estimate of drug-likeness (QED) is 0.424. The van der Waals surface area contributed by atoms with Crippen molar-refractivity contribution in [3.8, 4) is 10.8 Å². The van der Waals surface area contributed by atoms with Crippen LogP contribution >= 0.6 is 22.9 Å². The molecular weight excluding hydrogens is 416 g/mol. The number of rotatable bonds is 5. The molecule has 0 unspecified atom stereocenters. The lowest BCUT2D eigenvalue weighted by molar-refractivity contribution is 0.582. The van der Waals surface area contributed by atoms with Gasteiger partial charge in [0.2, 0.25) is 26.6 Å². The molecule has 2 aromatic carbocycles.